The van der Waals surface area contributed by atoms with Crippen molar-refractivity contribution in [3.8, 4) is 6.07 Å². The van der Waals surface area contributed by atoms with Gasteiger partial charge in [0.25, 0.3) is 0 Å². The second kappa shape index (κ2) is 4.29. The Morgan fingerprint density at radius 1 is 1.43 bits per heavy atom. The maximum Gasteiger partial charge on any atom is 0.116 e. The summed E-state index contributed by atoms with van der Waals surface area (Å²) >= 11 is 0. The average Bonchev–Trinajstić information content (AvgIpc) is 2.45. The van der Waals surface area contributed by atoms with Crippen LogP contribution in [-0.4, -0.2) is 37.1 Å². The van der Waals surface area contributed by atoms with Crippen molar-refractivity contribution in [3.05, 3.63) is 0 Å². The predicted molar refractivity (Wildman–Crippen MR) is 57.8 cm³/mol. The molecule has 3 unspecified atom stereocenters. The molecule has 1 heterocycles. The zero-order valence-electron chi connectivity index (χ0n) is 9.67. The van der Waals surface area contributed by atoms with Crippen molar-refractivity contribution in [3.63, 3.8) is 0 Å². The maximum atomic E-state index is 9.04. The third-order valence-electron chi connectivity index (χ3n) is 3.40. The molecular weight excluding hydrogens is 174 g/mol. The molecule has 3 atom stereocenters. The fourth-order valence-electron chi connectivity index (χ4n) is 2.00. The van der Waals surface area contributed by atoms with Gasteiger partial charge in [0.05, 0.1) is 6.07 Å². The fraction of sp³-hybridized carbons (Fsp3) is 0.909. The highest BCUT2D eigenvalue weighted by molar-refractivity contribution is 5.05. The number of hydrogen-bond donors (Lipinski definition) is 1. The molecule has 3 heteroatoms. The van der Waals surface area contributed by atoms with E-state index in [9.17, 15) is 0 Å². The van der Waals surface area contributed by atoms with Gasteiger partial charge in [-0.15, -0.1) is 0 Å². The minimum absolute atomic E-state index is 0.399. The van der Waals surface area contributed by atoms with Crippen molar-refractivity contribution < 1.29 is 0 Å². The Morgan fingerprint density at radius 2 is 1.93 bits per heavy atom. The van der Waals surface area contributed by atoms with E-state index in [0.717, 1.165) is 31.5 Å². The van der Waals surface area contributed by atoms with E-state index in [0.29, 0.717) is 0 Å². The molecule has 0 bridgehead atoms. The van der Waals surface area contributed by atoms with Crippen LogP contribution in [0.1, 0.15) is 20.8 Å². The van der Waals surface area contributed by atoms with Crippen LogP contribution in [0.4, 0.5) is 0 Å². The minimum Gasteiger partial charge on any atom is -0.302 e. The van der Waals surface area contributed by atoms with E-state index in [1.807, 2.05) is 14.0 Å². The number of likely N-dealkylation sites (N-methyl/N-ethyl adjacent to an activating group) is 1. The first-order valence-electron chi connectivity index (χ1n) is 5.33. The summed E-state index contributed by atoms with van der Waals surface area (Å²) in [4.78, 5) is 2.38. The van der Waals surface area contributed by atoms with Crippen LogP contribution in [0.2, 0.25) is 0 Å². The Hall–Kier alpha value is -0.590. The molecule has 80 valence electrons. The van der Waals surface area contributed by atoms with Crippen molar-refractivity contribution >= 4 is 0 Å². The fourth-order valence-corrected chi connectivity index (χ4v) is 2.00. The Balaban J connectivity index is 2.50. The van der Waals surface area contributed by atoms with Crippen LogP contribution in [0.15, 0.2) is 0 Å². The summed E-state index contributed by atoms with van der Waals surface area (Å²) in [6.45, 7) is 9.61. The minimum atomic E-state index is -0.399. The van der Waals surface area contributed by atoms with Crippen LogP contribution in [0.3, 0.4) is 0 Å². The lowest BCUT2D eigenvalue weighted by Crippen LogP contribution is -2.48. The summed E-state index contributed by atoms with van der Waals surface area (Å²) in [5.41, 5.74) is -0.399. The highest BCUT2D eigenvalue weighted by Crippen LogP contribution is 2.23. The Bertz CT molecular complexity index is 223. The van der Waals surface area contributed by atoms with Crippen LogP contribution in [-0.2, 0) is 0 Å². The maximum absolute atomic E-state index is 9.04. The highest BCUT2D eigenvalue weighted by Gasteiger charge is 2.31. The van der Waals surface area contributed by atoms with Crippen LogP contribution < -0.4 is 5.32 Å². The predicted octanol–water partition coefficient (Wildman–Crippen LogP) is 1.08. The number of hydrogen-bond acceptors (Lipinski definition) is 3. The molecular formula is C11H21N3. The number of nitriles is 1. The summed E-state index contributed by atoms with van der Waals surface area (Å²) in [5.74, 6) is 1.52. The van der Waals surface area contributed by atoms with Gasteiger partial charge in [-0.25, -0.2) is 0 Å². The third kappa shape index (κ3) is 2.46. The van der Waals surface area contributed by atoms with Gasteiger partial charge in [-0.3, -0.25) is 4.90 Å². The van der Waals surface area contributed by atoms with E-state index in [1.165, 1.54) is 0 Å². The molecule has 1 aliphatic rings. The quantitative estimate of drug-likeness (QED) is 0.732. The van der Waals surface area contributed by atoms with Crippen molar-refractivity contribution in [2.75, 3.05) is 26.7 Å². The second-order valence-electron chi connectivity index (χ2n) is 4.84. The molecule has 1 aliphatic heterocycles. The first-order chi connectivity index (χ1) is 6.50. The smallest absolute Gasteiger partial charge is 0.116 e. The number of rotatable bonds is 3. The van der Waals surface area contributed by atoms with Gasteiger partial charge in [0.1, 0.15) is 5.54 Å². The lowest BCUT2D eigenvalue weighted by atomic mass is 10.0. The Kier molecular flexibility index (Phi) is 3.52. The Labute approximate surface area is 87.1 Å². The van der Waals surface area contributed by atoms with Gasteiger partial charge in [0.15, 0.2) is 0 Å². The van der Waals surface area contributed by atoms with Crippen molar-refractivity contribution in [1.29, 1.82) is 5.26 Å². The van der Waals surface area contributed by atoms with Gasteiger partial charge in [-0.1, -0.05) is 13.8 Å². The molecule has 0 aromatic carbocycles. The van der Waals surface area contributed by atoms with Gasteiger partial charge >= 0.3 is 0 Å². The standard InChI is InChI=1S/C11H21N3/c1-9-5-14(6-10(9)2)8-11(3,7-12)13-4/h9-10,13H,5-6,8H2,1-4H3. The van der Waals surface area contributed by atoms with Gasteiger partial charge in [-0.05, 0) is 25.8 Å². The molecule has 0 radical (unpaired) electrons. The summed E-state index contributed by atoms with van der Waals surface area (Å²) in [5, 5.41) is 12.1. The van der Waals surface area contributed by atoms with Crippen molar-refractivity contribution in [2.45, 2.75) is 26.3 Å². The van der Waals surface area contributed by atoms with Gasteiger partial charge in [0, 0.05) is 19.6 Å². The lowest BCUT2D eigenvalue weighted by Gasteiger charge is -2.27. The van der Waals surface area contributed by atoms with E-state index >= 15 is 0 Å². The molecule has 0 spiro atoms. The number of nitrogens with zero attached hydrogens (tertiary/aromatic N) is 2. The van der Waals surface area contributed by atoms with Gasteiger partial charge in [-0.2, -0.15) is 5.26 Å². The largest absolute Gasteiger partial charge is 0.302 e. The lowest BCUT2D eigenvalue weighted by molar-refractivity contribution is 0.260. The van der Waals surface area contributed by atoms with Crippen LogP contribution in [0, 0.1) is 23.2 Å². The van der Waals surface area contributed by atoms with E-state index < -0.39 is 5.54 Å². The van der Waals surface area contributed by atoms with E-state index in [-0.39, 0.29) is 0 Å². The van der Waals surface area contributed by atoms with E-state index in [2.05, 4.69) is 30.1 Å². The van der Waals surface area contributed by atoms with Crippen LogP contribution >= 0.6 is 0 Å². The molecule has 0 amide bonds. The zero-order chi connectivity index (χ0) is 10.8. The van der Waals surface area contributed by atoms with Crippen molar-refractivity contribution in [1.82, 2.24) is 10.2 Å². The normalized spacial score (nSPS) is 32.5. The third-order valence-corrected chi connectivity index (χ3v) is 3.40. The molecule has 1 saturated heterocycles. The number of likely N-dealkylation sites (tertiary alicyclic amines) is 1. The molecule has 14 heavy (non-hydrogen) atoms. The Morgan fingerprint density at radius 3 is 2.29 bits per heavy atom. The molecule has 0 aromatic rings. The number of nitrogens with one attached hydrogen (secondary N) is 1. The van der Waals surface area contributed by atoms with E-state index in [1.54, 1.807) is 0 Å². The molecule has 0 aliphatic carbocycles. The SMILES string of the molecule is CNC(C)(C#N)CN1CC(C)C(C)C1. The first kappa shape index (κ1) is 11.5. The van der Waals surface area contributed by atoms with E-state index in [4.69, 9.17) is 5.26 Å². The van der Waals surface area contributed by atoms with Gasteiger partial charge < -0.3 is 5.32 Å². The van der Waals surface area contributed by atoms with Crippen LogP contribution in [0.5, 0.6) is 0 Å². The summed E-state index contributed by atoms with van der Waals surface area (Å²) in [6, 6.07) is 2.33. The van der Waals surface area contributed by atoms with Crippen LogP contribution in [0.25, 0.3) is 0 Å². The summed E-state index contributed by atoms with van der Waals surface area (Å²) in [7, 11) is 1.85. The second-order valence-corrected chi connectivity index (χ2v) is 4.84. The molecule has 0 aromatic heterocycles. The molecule has 1 rings (SSSR count). The molecule has 0 saturated carbocycles. The molecule has 3 nitrogen and oxygen atoms in total. The van der Waals surface area contributed by atoms with Gasteiger partial charge in [0.2, 0.25) is 0 Å². The summed E-state index contributed by atoms with van der Waals surface area (Å²) < 4.78 is 0. The highest BCUT2D eigenvalue weighted by atomic mass is 15.2. The van der Waals surface area contributed by atoms with Crippen molar-refractivity contribution in [2.24, 2.45) is 11.8 Å². The molecule has 1 fully saturated rings. The monoisotopic (exact) mass is 195 g/mol. The first-order valence-corrected chi connectivity index (χ1v) is 5.33. The molecule has 1 N–H and O–H groups in total. The summed E-state index contributed by atoms with van der Waals surface area (Å²) in [6.07, 6.45) is 0. The zero-order valence-corrected chi connectivity index (χ0v) is 9.67. The average molecular weight is 195 g/mol. The topological polar surface area (TPSA) is 39.1 Å².